The molecule has 0 aromatic carbocycles. The van der Waals surface area contributed by atoms with Crippen LogP contribution in [0.15, 0.2) is 36.8 Å². The van der Waals surface area contributed by atoms with Crippen molar-refractivity contribution in [2.24, 2.45) is 5.92 Å². The Morgan fingerprint density at radius 3 is 2.86 bits per heavy atom. The van der Waals surface area contributed by atoms with E-state index < -0.39 is 0 Å². The Morgan fingerprint density at radius 1 is 1.27 bits per heavy atom. The highest BCUT2D eigenvalue weighted by Crippen LogP contribution is 2.04. The summed E-state index contributed by atoms with van der Waals surface area (Å²) in [5.74, 6) is 0.815. The molecular formula is C16H21N5O. The molecule has 0 bridgehead atoms. The second-order valence-corrected chi connectivity index (χ2v) is 5.42. The van der Waals surface area contributed by atoms with Gasteiger partial charge in [0.15, 0.2) is 0 Å². The number of rotatable bonds is 7. The molecule has 6 heteroatoms. The normalized spacial score (nSPS) is 10.5. The van der Waals surface area contributed by atoms with Gasteiger partial charge in [0.05, 0.1) is 0 Å². The summed E-state index contributed by atoms with van der Waals surface area (Å²) in [6, 6.07) is 5.44. The highest BCUT2D eigenvalue weighted by atomic mass is 16.1. The predicted octanol–water partition coefficient (Wildman–Crippen LogP) is 2.26. The average molecular weight is 299 g/mol. The van der Waals surface area contributed by atoms with Crippen LogP contribution in [0, 0.1) is 5.92 Å². The number of aromatic nitrogens is 3. The molecule has 2 aromatic rings. The molecule has 0 unspecified atom stereocenters. The maximum atomic E-state index is 12.0. The van der Waals surface area contributed by atoms with E-state index in [0.717, 1.165) is 12.0 Å². The van der Waals surface area contributed by atoms with Crippen LogP contribution in [-0.2, 0) is 6.54 Å². The lowest BCUT2D eigenvalue weighted by Gasteiger charge is -2.08. The van der Waals surface area contributed by atoms with Gasteiger partial charge in [0.25, 0.3) is 5.91 Å². The van der Waals surface area contributed by atoms with Gasteiger partial charge >= 0.3 is 0 Å². The molecule has 22 heavy (non-hydrogen) atoms. The zero-order valence-electron chi connectivity index (χ0n) is 12.9. The minimum absolute atomic E-state index is 0.174. The smallest absolute Gasteiger partial charge is 0.270 e. The van der Waals surface area contributed by atoms with E-state index in [2.05, 4.69) is 39.4 Å². The highest BCUT2D eigenvalue weighted by Gasteiger charge is 2.08. The van der Waals surface area contributed by atoms with Gasteiger partial charge in [0.2, 0.25) is 5.95 Å². The van der Waals surface area contributed by atoms with Crippen LogP contribution in [-0.4, -0.2) is 27.4 Å². The number of nitrogens with zero attached hydrogens (tertiary/aromatic N) is 3. The Labute approximate surface area is 130 Å². The molecule has 1 amide bonds. The molecule has 2 aromatic heterocycles. The van der Waals surface area contributed by atoms with Gasteiger partial charge in [0.1, 0.15) is 5.69 Å². The Hall–Kier alpha value is -2.50. The van der Waals surface area contributed by atoms with E-state index in [-0.39, 0.29) is 5.91 Å². The number of nitrogens with one attached hydrogen (secondary N) is 2. The molecule has 0 aliphatic heterocycles. The third-order valence-corrected chi connectivity index (χ3v) is 3.07. The maximum absolute atomic E-state index is 12.0. The first-order chi connectivity index (χ1) is 10.6. The molecule has 6 nitrogen and oxygen atoms in total. The molecule has 0 aliphatic rings. The lowest BCUT2D eigenvalue weighted by molar-refractivity contribution is 0.0947. The molecule has 0 atom stereocenters. The van der Waals surface area contributed by atoms with Crippen molar-refractivity contribution in [3.05, 3.63) is 48.0 Å². The van der Waals surface area contributed by atoms with E-state index in [0.29, 0.717) is 30.6 Å². The van der Waals surface area contributed by atoms with Gasteiger partial charge in [-0.15, -0.1) is 0 Å². The van der Waals surface area contributed by atoms with Gasteiger partial charge in [-0.3, -0.25) is 9.78 Å². The second-order valence-electron chi connectivity index (χ2n) is 5.42. The van der Waals surface area contributed by atoms with Crippen molar-refractivity contribution in [2.45, 2.75) is 26.8 Å². The summed E-state index contributed by atoms with van der Waals surface area (Å²) < 4.78 is 0. The van der Waals surface area contributed by atoms with Crippen molar-refractivity contribution < 1.29 is 4.79 Å². The number of carbonyl (C=O) groups is 1. The van der Waals surface area contributed by atoms with Crippen LogP contribution in [0.2, 0.25) is 0 Å². The number of pyridine rings is 1. The monoisotopic (exact) mass is 299 g/mol. The summed E-state index contributed by atoms with van der Waals surface area (Å²) in [5.41, 5.74) is 1.39. The minimum atomic E-state index is -0.174. The van der Waals surface area contributed by atoms with Crippen LogP contribution < -0.4 is 10.6 Å². The Bertz CT molecular complexity index is 600. The zero-order chi connectivity index (χ0) is 15.8. The first-order valence-electron chi connectivity index (χ1n) is 7.39. The summed E-state index contributed by atoms with van der Waals surface area (Å²) in [7, 11) is 0. The first kappa shape index (κ1) is 15.9. The van der Waals surface area contributed by atoms with E-state index in [1.54, 1.807) is 24.7 Å². The lowest BCUT2D eigenvalue weighted by Crippen LogP contribution is -2.26. The van der Waals surface area contributed by atoms with Crippen LogP contribution in [0.3, 0.4) is 0 Å². The zero-order valence-corrected chi connectivity index (χ0v) is 12.9. The molecule has 2 rings (SSSR count). The average Bonchev–Trinajstić information content (AvgIpc) is 2.54. The van der Waals surface area contributed by atoms with Crippen LogP contribution in [0.4, 0.5) is 5.95 Å². The van der Waals surface area contributed by atoms with Gasteiger partial charge in [-0.25, -0.2) is 9.97 Å². The van der Waals surface area contributed by atoms with Crippen molar-refractivity contribution in [1.29, 1.82) is 0 Å². The van der Waals surface area contributed by atoms with Gasteiger partial charge < -0.3 is 10.6 Å². The number of amides is 1. The number of anilines is 1. The predicted molar refractivity (Wildman–Crippen MR) is 85.4 cm³/mol. The van der Waals surface area contributed by atoms with Crippen molar-refractivity contribution >= 4 is 11.9 Å². The van der Waals surface area contributed by atoms with Crippen LogP contribution in [0.5, 0.6) is 0 Å². The second kappa shape index (κ2) is 8.07. The maximum Gasteiger partial charge on any atom is 0.270 e. The Balaban J connectivity index is 1.90. The summed E-state index contributed by atoms with van der Waals surface area (Å²) in [6.45, 7) is 5.46. The van der Waals surface area contributed by atoms with E-state index >= 15 is 0 Å². The molecule has 0 saturated carbocycles. The molecule has 0 aliphatic carbocycles. The first-order valence-corrected chi connectivity index (χ1v) is 7.39. The number of carbonyl (C=O) groups excluding carboxylic acids is 1. The third kappa shape index (κ3) is 5.12. The van der Waals surface area contributed by atoms with E-state index in [1.807, 2.05) is 12.1 Å². The fourth-order valence-corrected chi connectivity index (χ4v) is 1.82. The topological polar surface area (TPSA) is 79.8 Å². The van der Waals surface area contributed by atoms with Crippen molar-refractivity contribution in [2.75, 3.05) is 11.9 Å². The highest BCUT2D eigenvalue weighted by molar-refractivity contribution is 5.92. The van der Waals surface area contributed by atoms with Gasteiger partial charge in [0, 0.05) is 31.7 Å². The van der Waals surface area contributed by atoms with Crippen molar-refractivity contribution in [3.63, 3.8) is 0 Å². The summed E-state index contributed by atoms with van der Waals surface area (Å²) >= 11 is 0. The van der Waals surface area contributed by atoms with Crippen LogP contribution in [0.1, 0.15) is 36.3 Å². The fraction of sp³-hybridized carbons (Fsp3) is 0.375. The number of hydrogen-bond donors (Lipinski definition) is 2. The quantitative estimate of drug-likeness (QED) is 0.819. The molecule has 2 N–H and O–H groups in total. The third-order valence-electron chi connectivity index (χ3n) is 3.07. The Kier molecular flexibility index (Phi) is 5.82. The van der Waals surface area contributed by atoms with Gasteiger partial charge in [-0.1, -0.05) is 19.9 Å². The standard InChI is InChI=1S/C16H21N5O/c1-12(2)5-8-18-15(22)14-6-9-19-16(21-14)20-11-13-4-3-7-17-10-13/h3-4,6-7,9-10,12H,5,8,11H2,1-2H3,(H,18,22)(H,19,20,21). The molecule has 116 valence electrons. The minimum Gasteiger partial charge on any atom is -0.351 e. The van der Waals surface area contributed by atoms with Gasteiger partial charge in [-0.05, 0) is 30.0 Å². The molecule has 0 saturated heterocycles. The van der Waals surface area contributed by atoms with E-state index in [9.17, 15) is 4.79 Å². The summed E-state index contributed by atoms with van der Waals surface area (Å²) in [4.78, 5) is 24.4. The van der Waals surface area contributed by atoms with Crippen LogP contribution in [0.25, 0.3) is 0 Å². The molecule has 0 fully saturated rings. The molecule has 0 radical (unpaired) electrons. The summed E-state index contributed by atoms with van der Waals surface area (Å²) in [6.07, 6.45) is 6.02. The van der Waals surface area contributed by atoms with E-state index in [4.69, 9.17) is 0 Å². The largest absolute Gasteiger partial charge is 0.351 e. The van der Waals surface area contributed by atoms with Crippen LogP contribution >= 0.6 is 0 Å². The van der Waals surface area contributed by atoms with Crippen molar-refractivity contribution in [3.8, 4) is 0 Å². The molecular weight excluding hydrogens is 278 g/mol. The van der Waals surface area contributed by atoms with Crippen molar-refractivity contribution in [1.82, 2.24) is 20.3 Å². The molecule has 2 heterocycles. The number of hydrogen-bond acceptors (Lipinski definition) is 5. The van der Waals surface area contributed by atoms with E-state index in [1.165, 1.54) is 0 Å². The summed E-state index contributed by atoms with van der Waals surface area (Å²) in [5, 5.41) is 5.95. The Morgan fingerprint density at radius 2 is 2.14 bits per heavy atom. The lowest BCUT2D eigenvalue weighted by atomic mass is 10.1. The fourth-order valence-electron chi connectivity index (χ4n) is 1.82. The SMILES string of the molecule is CC(C)CCNC(=O)c1ccnc(NCc2cccnc2)n1. The molecule has 0 spiro atoms. The van der Waals surface area contributed by atoms with Gasteiger partial charge in [-0.2, -0.15) is 0 Å².